The molecule has 3 heterocycles. The Morgan fingerprint density at radius 1 is 1.31 bits per heavy atom. The molecule has 2 N–H and O–H groups in total. The van der Waals surface area contributed by atoms with Gasteiger partial charge in [-0.3, -0.25) is 14.9 Å². The first-order valence-corrected chi connectivity index (χ1v) is 11.2. The van der Waals surface area contributed by atoms with Crippen LogP contribution in [0.15, 0.2) is 44.9 Å². The summed E-state index contributed by atoms with van der Waals surface area (Å²) in [6.45, 7) is 0. The van der Waals surface area contributed by atoms with Crippen molar-refractivity contribution >= 4 is 68.8 Å². The molecule has 1 aliphatic rings. The van der Waals surface area contributed by atoms with Crippen LogP contribution in [0.2, 0.25) is 0 Å². The zero-order valence-electron chi connectivity index (χ0n) is 13.2. The van der Waals surface area contributed by atoms with E-state index in [0.717, 1.165) is 15.0 Å². The maximum Gasteiger partial charge on any atom is 0.257 e. The molecule has 0 spiro atoms. The Morgan fingerprint density at radius 2 is 2.23 bits per heavy atom. The molecule has 2 amide bonds. The van der Waals surface area contributed by atoms with Gasteiger partial charge in [0, 0.05) is 21.1 Å². The molecule has 10 heteroatoms. The molecular weight excluding hydrogens is 408 g/mol. The number of benzene rings is 1. The molecule has 0 aliphatic carbocycles. The van der Waals surface area contributed by atoms with E-state index < -0.39 is 0 Å². The minimum atomic E-state index is -0.274. The summed E-state index contributed by atoms with van der Waals surface area (Å²) in [6.07, 6.45) is 0. The second kappa shape index (κ2) is 7.78. The monoisotopic (exact) mass is 420 g/mol. The smallest absolute Gasteiger partial charge is 0.257 e. The lowest BCUT2D eigenvalue weighted by Crippen LogP contribution is -2.19. The van der Waals surface area contributed by atoms with Gasteiger partial charge in [-0.2, -0.15) is 0 Å². The van der Waals surface area contributed by atoms with Gasteiger partial charge in [-0.25, -0.2) is 0 Å². The van der Waals surface area contributed by atoms with Crippen molar-refractivity contribution in [3.05, 3.63) is 46.2 Å². The fraction of sp³-hybridized carbons (Fsp3) is 0.125. The van der Waals surface area contributed by atoms with Crippen LogP contribution in [-0.4, -0.2) is 27.8 Å². The highest BCUT2D eigenvalue weighted by Gasteiger charge is 2.18. The molecule has 0 saturated heterocycles. The van der Waals surface area contributed by atoms with E-state index in [1.54, 1.807) is 35.2 Å². The van der Waals surface area contributed by atoms with E-state index in [2.05, 4.69) is 26.9 Å². The van der Waals surface area contributed by atoms with Gasteiger partial charge >= 0.3 is 0 Å². The average Bonchev–Trinajstić information content (AvgIpc) is 3.31. The van der Waals surface area contributed by atoms with Crippen molar-refractivity contribution in [2.24, 2.45) is 0 Å². The van der Waals surface area contributed by atoms with Crippen molar-refractivity contribution in [1.29, 1.82) is 0 Å². The number of carbonyl (C=O) groups is 2. The Hall–Kier alpha value is -1.88. The molecule has 26 heavy (non-hydrogen) atoms. The summed E-state index contributed by atoms with van der Waals surface area (Å²) in [5, 5.41) is 16.2. The number of amides is 2. The zero-order valence-corrected chi connectivity index (χ0v) is 16.5. The first-order chi connectivity index (χ1) is 12.7. The zero-order chi connectivity index (χ0) is 17.9. The SMILES string of the molecule is O=C1CSc2ccc(C(=O)Nc3nnc(SCc4cccs4)s3)cc2N1. The Morgan fingerprint density at radius 3 is 3.08 bits per heavy atom. The quantitative estimate of drug-likeness (QED) is 0.476. The topological polar surface area (TPSA) is 84.0 Å². The minimum Gasteiger partial charge on any atom is -0.324 e. The van der Waals surface area contributed by atoms with Crippen molar-refractivity contribution in [2.75, 3.05) is 16.4 Å². The van der Waals surface area contributed by atoms with Crippen LogP contribution < -0.4 is 10.6 Å². The summed E-state index contributed by atoms with van der Waals surface area (Å²) < 4.78 is 0.808. The number of aromatic nitrogens is 2. The summed E-state index contributed by atoms with van der Waals surface area (Å²) in [4.78, 5) is 26.2. The highest BCUT2D eigenvalue weighted by Crippen LogP contribution is 2.33. The number of hydrogen-bond acceptors (Lipinski definition) is 8. The van der Waals surface area contributed by atoms with Crippen LogP contribution in [0.25, 0.3) is 0 Å². The number of nitrogens with one attached hydrogen (secondary N) is 2. The van der Waals surface area contributed by atoms with Crippen LogP contribution in [-0.2, 0) is 10.5 Å². The van der Waals surface area contributed by atoms with Gasteiger partial charge in [0.1, 0.15) is 0 Å². The van der Waals surface area contributed by atoms with Gasteiger partial charge in [-0.05, 0) is 29.6 Å². The molecule has 0 bridgehead atoms. The van der Waals surface area contributed by atoms with Crippen LogP contribution in [0, 0.1) is 0 Å². The third-order valence-electron chi connectivity index (χ3n) is 3.42. The molecule has 0 fully saturated rings. The Bertz CT molecular complexity index is 955. The van der Waals surface area contributed by atoms with Crippen LogP contribution >= 0.6 is 46.2 Å². The fourth-order valence-electron chi connectivity index (χ4n) is 2.24. The first kappa shape index (κ1) is 17.5. The molecule has 0 atom stereocenters. The molecule has 0 unspecified atom stereocenters. The summed E-state index contributed by atoms with van der Waals surface area (Å²) in [5.41, 5.74) is 1.14. The van der Waals surface area contributed by atoms with E-state index in [1.165, 1.54) is 28.0 Å². The van der Waals surface area contributed by atoms with Gasteiger partial charge in [0.05, 0.1) is 11.4 Å². The van der Waals surface area contributed by atoms with Crippen LogP contribution in [0.3, 0.4) is 0 Å². The van der Waals surface area contributed by atoms with E-state index in [9.17, 15) is 9.59 Å². The number of nitrogens with zero attached hydrogens (tertiary/aromatic N) is 2. The van der Waals surface area contributed by atoms with Crippen molar-refractivity contribution in [1.82, 2.24) is 10.2 Å². The number of anilines is 2. The van der Waals surface area contributed by atoms with E-state index in [1.807, 2.05) is 17.5 Å². The molecule has 0 radical (unpaired) electrons. The van der Waals surface area contributed by atoms with Crippen LogP contribution in [0.1, 0.15) is 15.2 Å². The van der Waals surface area contributed by atoms with Gasteiger partial charge in [0.15, 0.2) is 4.34 Å². The summed E-state index contributed by atoms with van der Waals surface area (Å²) >= 11 is 6.11. The number of fused-ring (bicyclic) bond motifs is 1. The van der Waals surface area contributed by atoms with Gasteiger partial charge < -0.3 is 5.32 Å². The predicted molar refractivity (Wildman–Crippen MR) is 108 cm³/mol. The number of hydrogen-bond donors (Lipinski definition) is 2. The van der Waals surface area contributed by atoms with Gasteiger partial charge in [-0.15, -0.1) is 33.3 Å². The molecule has 1 aromatic carbocycles. The number of thiophene rings is 1. The van der Waals surface area contributed by atoms with E-state index in [4.69, 9.17) is 0 Å². The van der Waals surface area contributed by atoms with Crippen LogP contribution in [0.5, 0.6) is 0 Å². The Kier molecular flexibility index (Phi) is 5.25. The maximum absolute atomic E-state index is 12.4. The number of carbonyl (C=O) groups excluding carboxylic acids is 2. The molecule has 1 aliphatic heterocycles. The normalized spacial score (nSPS) is 13.2. The van der Waals surface area contributed by atoms with Crippen molar-refractivity contribution in [2.45, 2.75) is 15.0 Å². The second-order valence-electron chi connectivity index (χ2n) is 5.24. The average molecular weight is 421 g/mol. The van der Waals surface area contributed by atoms with Gasteiger partial charge in [-0.1, -0.05) is 29.2 Å². The molecule has 4 rings (SSSR count). The van der Waals surface area contributed by atoms with E-state index in [0.29, 0.717) is 22.1 Å². The van der Waals surface area contributed by atoms with Crippen molar-refractivity contribution in [3.63, 3.8) is 0 Å². The largest absolute Gasteiger partial charge is 0.324 e. The Balaban J connectivity index is 1.40. The highest BCUT2D eigenvalue weighted by molar-refractivity contribution is 8.00. The summed E-state index contributed by atoms with van der Waals surface area (Å²) in [5.74, 6) is 0.901. The predicted octanol–water partition coefficient (Wildman–Crippen LogP) is 4.19. The van der Waals surface area contributed by atoms with E-state index >= 15 is 0 Å². The molecule has 2 aromatic heterocycles. The highest BCUT2D eigenvalue weighted by atomic mass is 32.2. The van der Waals surface area contributed by atoms with Crippen molar-refractivity contribution in [3.8, 4) is 0 Å². The van der Waals surface area contributed by atoms with Crippen molar-refractivity contribution < 1.29 is 9.59 Å². The standard InChI is InChI=1S/C16H12N4O2S4/c21-13-8-24-12-4-3-9(6-11(12)17-13)14(22)18-15-19-20-16(26-15)25-7-10-2-1-5-23-10/h1-6H,7-8H2,(H,17,21)(H,18,19,22). The van der Waals surface area contributed by atoms with E-state index in [-0.39, 0.29) is 11.8 Å². The number of thioether (sulfide) groups is 2. The third kappa shape index (κ3) is 4.09. The van der Waals surface area contributed by atoms with Gasteiger partial charge in [0.2, 0.25) is 11.0 Å². The van der Waals surface area contributed by atoms with Crippen LogP contribution in [0.4, 0.5) is 10.8 Å². The lowest BCUT2D eigenvalue weighted by atomic mass is 10.2. The molecule has 3 aromatic rings. The summed E-state index contributed by atoms with van der Waals surface area (Å²) in [7, 11) is 0. The molecule has 132 valence electrons. The van der Waals surface area contributed by atoms with Gasteiger partial charge in [0.25, 0.3) is 5.91 Å². The second-order valence-corrected chi connectivity index (χ2v) is 9.49. The Labute approximate surface area is 165 Å². The fourth-order valence-corrected chi connectivity index (χ4v) is 5.55. The molecule has 6 nitrogen and oxygen atoms in total. The maximum atomic E-state index is 12.4. The number of rotatable bonds is 5. The lowest BCUT2D eigenvalue weighted by molar-refractivity contribution is -0.113. The first-order valence-electron chi connectivity index (χ1n) is 7.54. The third-order valence-corrected chi connectivity index (χ3v) is 7.57. The molecule has 0 saturated carbocycles. The minimum absolute atomic E-state index is 0.0587. The molecular formula is C16H12N4O2S4. The summed E-state index contributed by atoms with van der Waals surface area (Å²) in [6, 6.07) is 9.37. The lowest BCUT2D eigenvalue weighted by Gasteiger charge is -2.16.